The molecule has 6 nitrogen and oxygen atoms in total. The molecule has 0 spiro atoms. The molecule has 1 aliphatic heterocycles. The Bertz CT molecular complexity index is 865. The van der Waals surface area contributed by atoms with Gasteiger partial charge in [-0.1, -0.05) is 6.07 Å². The first-order chi connectivity index (χ1) is 12.7. The maximum atomic E-state index is 4.57. The molecule has 1 unspecified atom stereocenters. The predicted octanol–water partition coefficient (Wildman–Crippen LogP) is 2.56. The number of hydrogen-bond donors (Lipinski definition) is 2. The fourth-order valence-corrected chi connectivity index (χ4v) is 3.40. The van der Waals surface area contributed by atoms with Crippen LogP contribution in [0, 0.1) is 0 Å². The number of likely N-dealkylation sites (N-methyl/N-ethyl adjacent to an activating group) is 1. The molecule has 26 heavy (non-hydrogen) atoms. The third kappa shape index (κ3) is 3.71. The Morgan fingerprint density at radius 2 is 2.00 bits per heavy atom. The normalized spacial score (nSPS) is 16.9. The Morgan fingerprint density at radius 3 is 2.85 bits per heavy atom. The number of benzene rings is 1. The minimum atomic E-state index is 0.273. The van der Waals surface area contributed by atoms with Crippen LogP contribution in [0.2, 0.25) is 0 Å². The van der Waals surface area contributed by atoms with E-state index >= 15 is 0 Å². The highest BCUT2D eigenvalue weighted by Gasteiger charge is 2.15. The van der Waals surface area contributed by atoms with Crippen molar-refractivity contribution < 1.29 is 0 Å². The topological polar surface area (TPSA) is 60.1 Å². The Hall–Kier alpha value is -2.44. The smallest absolute Gasteiger partial charge is 0.128 e. The number of H-pyrrole nitrogens is 1. The lowest BCUT2D eigenvalue weighted by molar-refractivity contribution is 0.312. The molecule has 1 aromatic carbocycles. The quantitative estimate of drug-likeness (QED) is 0.741. The number of hydrogen-bond acceptors (Lipinski definition) is 5. The second kappa shape index (κ2) is 7.43. The van der Waals surface area contributed by atoms with Gasteiger partial charge in [0.25, 0.3) is 0 Å². The number of aromatic nitrogens is 3. The maximum Gasteiger partial charge on any atom is 0.128 e. The minimum Gasteiger partial charge on any atom is -0.354 e. The van der Waals surface area contributed by atoms with Gasteiger partial charge in [0.05, 0.1) is 11.7 Å². The van der Waals surface area contributed by atoms with Gasteiger partial charge in [0, 0.05) is 50.3 Å². The summed E-state index contributed by atoms with van der Waals surface area (Å²) >= 11 is 0. The zero-order valence-corrected chi connectivity index (χ0v) is 15.4. The van der Waals surface area contributed by atoms with Gasteiger partial charge in [-0.25, -0.2) is 4.98 Å². The van der Waals surface area contributed by atoms with Crippen LogP contribution >= 0.6 is 0 Å². The number of fused-ring (bicyclic) bond motifs is 1. The first-order valence-corrected chi connectivity index (χ1v) is 9.24. The van der Waals surface area contributed by atoms with E-state index in [0.29, 0.717) is 0 Å². The molecule has 1 fully saturated rings. The summed E-state index contributed by atoms with van der Waals surface area (Å²) in [5.41, 5.74) is 3.62. The monoisotopic (exact) mass is 350 g/mol. The van der Waals surface area contributed by atoms with E-state index in [1.807, 2.05) is 12.4 Å². The number of nitrogens with zero attached hydrogens (tertiary/aromatic N) is 4. The van der Waals surface area contributed by atoms with Gasteiger partial charge in [0.15, 0.2) is 0 Å². The number of piperazine rings is 1. The number of rotatable bonds is 5. The molecule has 0 amide bonds. The van der Waals surface area contributed by atoms with Crippen LogP contribution < -0.4 is 10.2 Å². The average Bonchev–Trinajstić information content (AvgIpc) is 3.15. The summed E-state index contributed by atoms with van der Waals surface area (Å²) in [6, 6.07) is 11.0. The summed E-state index contributed by atoms with van der Waals surface area (Å²) < 4.78 is 0. The molecule has 3 aromatic rings. The van der Waals surface area contributed by atoms with Gasteiger partial charge in [0.1, 0.15) is 5.82 Å². The highest BCUT2D eigenvalue weighted by atomic mass is 15.3. The van der Waals surface area contributed by atoms with Crippen LogP contribution in [-0.4, -0.2) is 53.3 Å². The zero-order chi connectivity index (χ0) is 17.9. The van der Waals surface area contributed by atoms with Crippen molar-refractivity contribution in [3.05, 3.63) is 53.9 Å². The summed E-state index contributed by atoms with van der Waals surface area (Å²) in [7, 11) is 2.17. The first kappa shape index (κ1) is 17.0. The van der Waals surface area contributed by atoms with Crippen molar-refractivity contribution in [2.75, 3.05) is 38.1 Å². The summed E-state index contributed by atoms with van der Waals surface area (Å²) in [5.74, 6) is 1.09. The second-order valence-corrected chi connectivity index (χ2v) is 7.13. The highest BCUT2D eigenvalue weighted by Crippen LogP contribution is 2.20. The molecule has 1 aliphatic rings. The molecule has 0 saturated carbocycles. The molecule has 2 aromatic heterocycles. The lowest BCUT2D eigenvalue weighted by atomic mass is 10.1. The van der Waals surface area contributed by atoms with Crippen molar-refractivity contribution in [2.24, 2.45) is 0 Å². The fourth-order valence-electron chi connectivity index (χ4n) is 3.40. The molecule has 0 radical (unpaired) electrons. The van der Waals surface area contributed by atoms with Crippen molar-refractivity contribution in [3.63, 3.8) is 0 Å². The Balaban J connectivity index is 1.40. The van der Waals surface area contributed by atoms with E-state index in [-0.39, 0.29) is 6.04 Å². The van der Waals surface area contributed by atoms with E-state index in [2.05, 4.69) is 74.6 Å². The van der Waals surface area contributed by atoms with Crippen molar-refractivity contribution in [2.45, 2.75) is 19.5 Å². The lowest BCUT2D eigenvalue weighted by Crippen LogP contribution is -2.44. The molecule has 3 heterocycles. The molecule has 2 N–H and O–H groups in total. The number of pyridine rings is 1. The summed E-state index contributed by atoms with van der Waals surface area (Å²) in [5, 5.41) is 11.9. The van der Waals surface area contributed by atoms with Gasteiger partial charge in [0.2, 0.25) is 0 Å². The maximum absolute atomic E-state index is 4.57. The Kier molecular flexibility index (Phi) is 4.86. The minimum absolute atomic E-state index is 0.273. The van der Waals surface area contributed by atoms with E-state index < -0.39 is 0 Å². The molecule has 6 heteroatoms. The zero-order valence-electron chi connectivity index (χ0n) is 15.4. The Labute approximate surface area is 154 Å². The summed E-state index contributed by atoms with van der Waals surface area (Å²) in [4.78, 5) is 9.31. The average molecular weight is 350 g/mol. The van der Waals surface area contributed by atoms with Gasteiger partial charge in [-0.05, 0) is 49.4 Å². The van der Waals surface area contributed by atoms with E-state index in [1.54, 1.807) is 0 Å². The van der Waals surface area contributed by atoms with Crippen LogP contribution in [-0.2, 0) is 6.54 Å². The van der Waals surface area contributed by atoms with Gasteiger partial charge in [-0.2, -0.15) is 5.10 Å². The molecule has 4 rings (SSSR count). The van der Waals surface area contributed by atoms with Gasteiger partial charge >= 0.3 is 0 Å². The standard InChI is InChI=1S/C20H26N6/c1-15(17-3-4-19-18(12-17)14-23-24-19)22-13-16-5-6-21-20(11-16)26-9-7-25(2)8-10-26/h3-6,11-12,14-15,22H,7-10,13H2,1-2H3,(H,23,24). The molecular formula is C20H26N6. The van der Waals surface area contributed by atoms with Crippen LogP contribution in [0.5, 0.6) is 0 Å². The third-order valence-corrected chi connectivity index (χ3v) is 5.21. The number of aromatic amines is 1. The van der Waals surface area contributed by atoms with Crippen LogP contribution in [0.3, 0.4) is 0 Å². The summed E-state index contributed by atoms with van der Waals surface area (Å²) in [6.07, 6.45) is 3.80. The Morgan fingerprint density at radius 1 is 1.15 bits per heavy atom. The van der Waals surface area contributed by atoms with Crippen molar-refractivity contribution in [3.8, 4) is 0 Å². The molecule has 1 atom stereocenters. The molecule has 136 valence electrons. The molecule has 1 saturated heterocycles. The number of nitrogens with one attached hydrogen (secondary N) is 2. The van der Waals surface area contributed by atoms with Crippen molar-refractivity contribution in [1.29, 1.82) is 0 Å². The fraction of sp³-hybridized carbons (Fsp3) is 0.400. The van der Waals surface area contributed by atoms with E-state index in [1.165, 1.54) is 11.1 Å². The predicted molar refractivity (Wildman–Crippen MR) is 105 cm³/mol. The van der Waals surface area contributed by atoms with E-state index in [0.717, 1.165) is 49.4 Å². The van der Waals surface area contributed by atoms with Crippen LogP contribution in [0.25, 0.3) is 10.9 Å². The van der Waals surface area contributed by atoms with Gasteiger partial charge < -0.3 is 15.1 Å². The summed E-state index contributed by atoms with van der Waals surface area (Å²) in [6.45, 7) is 7.30. The van der Waals surface area contributed by atoms with E-state index in [9.17, 15) is 0 Å². The van der Waals surface area contributed by atoms with Crippen LogP contribution in [0.1, 0.15) is 24.1 Å². The van der Waals surface area contributed by atoms with E-state index in [4.69, 9.17) is 0 Å². The van der Waals surface area contributed by atoms with Gasteiger partial charge in [-0.15, -0.1) is 0 Å². The van der Waals surface area contributed by atoms with Crippen molar-refractivity contribution in [1.82, 2.24) is 25.4 Å². The van der Waals surface area contributed by atoms with Crippen LogP contribution in [0.15, 0.2) is 42.7 Å². The first-order valence-electron chi connectivity index (χ1n) is 9.24. The van der Waals surface area contributed by atoms with Gasteiger partial charge in [-0.3, -0.25) is 5.10 Å². The second-order valence-electron chi connectivity index (χ2n) is 7.13. The SMILES string of the molecule is CC(NCc1ccnc(N2CCN(C)CC2)c1)c1ccc2[nH]ncc2c1. The molecular weight excluding hydrogens is 324 g/mol. The third-order valence-electron chi connectivity index (χ3n) is 5.21. The highest BCUT2D eigenvalue weighted by molar-refractivity contribution is 5.78. The molecule has 0 aliphatic carbocycles. The van der Waals surface area contributed by atoms with Crippen molar-refractivity contribution >= 4 is 16.7 Å². The molecule has 0 bridgehead atoms. The lowest BCUT2D eigenvalue weighted by Gasteiger charge is -2.33. The number of anilines is 1. The largest absolute Gasteiger partial charge is 0.354 e. The van der Waals surface area contributed by atoms with Crippen LogP contribution in [0.4, 0.5) is 5.82 Å².